The van der Waals surface area contributed by atoms with Gasteiger partial charge in [0.2, 0.25) is 0 Å². The molecule has 0 aliphatic carbocycles. The van der Waals surface area contributed by atoms with Crippen molar-refractivity contribution >= 4 is 6.09 Å². The van der Waals surface area contributed by atoms with Gasteiger partial charge >= 0.3 is 6.09 Å². The van der Waals surface area contributed by atoms with Crippen molar-refractivity contribution in [2.45, 2.75) is 6.10 Å². The van der Waals surface area contributed by atoms with Crippen LogP contribution in [0.2, 0.25) is 0 Å². The minimum atomic E-state index is -0.837. The van der Waals surface area contributed by atoms with Gasteiger partial charge in [0.25, 0.3) is 0 Å². The Kier molecular flexibility index (Phi) is 3.74. The van der Waals surface area contributed by atoms with Crippen LogP contribution in [0.4, 0.5) is 4.79 Å². The van der Waals surface area contributed by atoms with Crippen LogP contribution in [0.5, 0.6) is 0 Å². The maximum absolute atomic E-state index is 10.0. The van der Waals surface area contributed by atoms with E-state index in [1.165, 1.54) is 0 Å². The molecule has 9 heavy (non-hydrogen) atoms. The molecule has 0 aliphatic heterocycles. The van der Waals surface area contributed by atoms with Gasteiger partial charge in [-0.3, -0.25) is 0 Å². The molecular weight excluding hydrogens is 122 g/mol. The molecule has 6 N–H and O–H groups in total. The summed E-state index contributed by atoms with van der Waals surface area (Å²) in [6, 6.07) is 0. The average Bonchev–Trinajstić information content (AvgIpc) is 1.82. The third-order valence-electron chi connectivity index (χ3n) is 0.809. The number of nitrogens with two attached hydrogens (primary N) is 3. The van der Waals surface area contributed by atoms with Crippen LogP contribution in [0.1, 0.15) is 0 Å². The van der Waals surface area contributed by atoms with Crippen molar-refractivity contribution in [2.24, 2.45) is 17.2 Å². The van der Waals surface area contributed by atoms with Crippen LogP contribution < -0.4 is 17.2 Å². The molecule has 0 atom stereocenters. The standard InChI is InChI=1S/C4H11N3O2/c5-1-3(2-6)9-4(7)8/h3H,1-2,5-6H2,(H2,7,8). The van der Waals surface area contributed by atoms with Crippen molar-refractivity contribution in [2.75, 3.05) is 13.1 Å². The highest BCUT2D eigenvalue weighted by Gasteiger charge is 2.05. The fourth-order valence-corrected chi connectivity index (χ4v) is 0.357. The van der Waals surface area contributed by atoms with Gasteiger partial charge in [-0.05, 0) is 0 Å². The lowest BCUT2D eigenvalue weighted by molar-refractivity contribution is 0.115. The molecule has 0 bridgehead atoms. The van der Waals surface area contributed by atoms with Gasteiger partial charge in [0.15, 0.2) is 0 Å². The Balaban J connectivity index is 3.43. The monoisotopic (exact) mass is 133 g/mol. The minimum absolute atomic E-state index is 0.208. The van der Waals surface area contributed by atoms with E-state index in [0.717, 1.165) is 0 Å². The molecule has 0 aromatic rings. The summed E-state index contributed by atoms with van der Waals surface area (Å²) < 4.78 is 4.44. The quantitative estimate of drug-likeness (QED) is 0.429. The molecule has 0 heterocycles. The van der Waals surface area contributed by atoms with Crippen molar-refractivity contribution < 1.29 is 9.53 Å². The highest BCUT2D eigenvalue weighted by atomic mass is 16.6. The Morgan fingerprint density at radius 1 is 1.44 bits per heavy atom. The molecule has 1 amide bonds. The number of hydrogen-bond donors (Lipinski definition) is 3. The summed E-state index contributed by atoms with van der Waals surface area (Å²) in [5.74, 6) is 0. The molecule has 0 aliphatic rings. The van der Waals surface area contributed by atoms with Gasteiger partial charge in [-0.2, -0.15) is 0 Å². The van der Waals surface area contributed by atoms with E-state index in [-0.39, 0.29) is 13.1 Å². The molecule has 0 radical (unpaired) electrons. The van der Waals surface area contributed by atoms with Gasteiger partial charge in [-0.25, -0.2) is 4.79 Å². The highest BCUT2D eigenvalue weighted by molar-refractivity contribution is 5.64. The zero-order valence-electron chi connectivity index (χ0n) is 5.04. The van der Waals surface area contributed by atoms with Crippen LogP contribution in [-0.2, 0) is 4.74 Å². The van der Waals surface area contributed by atoms with Crippen molar-refractivity contribution in [3.8, 4) is 0 Å². The molecule has 0 fully saturated rings. The van der Waals surface area contributed by atoms with Crippen molar-refractivity contribution in [3.05, 3.63) is 0 Å². The van der Waals surface area contributed by atoms with E-state index in [1.807, 2.05) is 0 Å². The van der Waals surface area contributed by atoms with E-state index < -0.39 is 12.2 Å². The summed E-state index contributed by atoms with van der Waals surface area (Å²) in [7, 11) is 0. The number of ether oxygens (including phenoxy) is 1. The molecule has 5 heteroatoms. The Morgan fingerprint density at radius 2 is 1.89 bits per heavy atom. The van der Waals surface area contributed by atoms with Crippen molar-refractivity contribution in [1.29, 1.82) is 0 Å². The molecule has 0 rings (SSSR count). The van der Waals surface area contributed by atoms with Gasteiger partial charge in [-0.1, -0.05) is 0 Å². The molecule has 54 valence electrons. The number of primary amides is 1. The molecule has 5 nitrogen and oxygen atoms in total. The summed E-state index contributed by atoms with van der Waals surface area (Å²) >= 11 is 0. The third kappa shape index (κ3) is 3.75. The fourth-order valence-electron chi connectivity index (χ4n) is 0.357. The van der Waals surface area contributed by atoms with E-state index in [1.54, 1.807) is 0 Å². The van der Waals surface area contributed by atoms with Crippen LogP contribution in [-0.4, -0.2) is 25.3 Å². The second kappa shape index (κ2) is 4.11. The first-order valence-electron chi connectivity index (χ1n) is 2.57. The molecule has 0 saturated heterocycles. The van der Waals surface area contributed by atoms with E-state index in [4.69, 9.17) is 11.5 Å². The number of hydrogen-bond acceptors (Lipinski definition) is 4. The predicted octanol–water partition coefficient (Wildman–Crippen LogP) is -1.63. The zero-order valence-corrected chi connectivity index (χ0v) is 5.04. The van der Waals surface area contributed by atoms with E-state index in [2.05, 4.69) is 10.5 Å². The van der Waals surface area contributed by atoms with Gasteiger partial charge in [-0.15, -0.1) is 0 Å². The predicted molar refractivity (Wildman–Crippen MR) is 32.6 cm³/mol. The van der Waals surface area contributed by atoms with Gasteiger partial charge in [0.1, 0.15) is 6.10 Å². The summed E-state index contributed by atoms with van der Waals surface area (Å²) in [5.41, 5.74) is 14.9. The molecular formula is C4H11N3O2. The second-order valence-electron chi connectivity index (χ2n) is 1.53. The molecule has 0 aromatic carbocycles. The second-order valence-corrected chi connectivity index (χ2v) is 1.53. The van der Waals surface area contributed by atoms with Crippen molar-refractivity contribution in [3.63, 3.8) is 0 Å². The lowest BCUT2D eigenvalue weighted by Gasteiger charge is -2.10. The minimum Gasteiger partial charge on any atom is -0.444 e. The maximum atomic E-state index is 10.0. The summed E-state index contributed by atoms with van der Waals surface area (Å²) in [6.07, 6.45) is -1.28. The number of carbonyl (C=O) groups excluding carboxylic acids is 1. The first-order chi connectivity index (χ1) is 4.20. The van der Waals surface area contributed by atoms with E-state index >= 15 is 0 Å². The molecule has 0 saturated carbocycles. The van der Waals surface area contributed by atoms with E-state index in [0.29, 0.717) is 0 Å². The molecule has 0 spiro atoms. The zero-order chi connectivity index (χ0) is 7.28. The topological polar surface area (TPSA) is 104 Å². The summed E-state index contributed by atoms with van der Waals surface area (Å²) in [4.78, 5) is 10.0. The third-order valence-corrected chi connectivity index (χ3v) is 0.809. The largest absolute Gasteiger partial charge is 0.444 e. The van der Waals surface area contributed by atoms with Gasteiger partial charge in [0.05, 0.1) is 0 Å². The Bertz CT molecular complexity index is 91.8. The van der Waals surface area contributed by atoms with Crippen LogP contribution in [0, 0.1) is 0 Å². The molecule has 0 unspecified atom stereocenters. The maximum Gasteiger partial charge on any atom is 0.404 e. The lowest BCUT2D eigenvalue weighted by Crippen LogP contribution is -2.35. The van der Waals surface area contributed by atoms with Gasteiger partial charge < -0.3 is 21.9 Å². The molecule has 0 aromatic heterocycles. The van der Waals surface area contributed by atoms with Crippen LogP contribution >= 0.6 is 0 Å². The van der Waals surface area contributed by atoms with Gasteiger partial charge in [0, 0.05) is 13.1 Å². The SMILES string of the molecule is NCC(CN)OC(N)=O. The van der Waals surface area contributed by atoms with E-state index in [9.17, 15) is 4.79 Å². The Hall–Kier alpha value is -0.810. The van der Waals surface area contributed by atoms with Crippen LogP contribution in [0.25, 0.3) is 0 Å². The normalized spacial score (nSPS) is 9.67. The number of rotatable bonds is 3. The lowest BCUT2D eigenvalue weighted by atomic mass is 10.4. The average molecular weight is 133 g/mol. The first kappa shape index (κ1) is 8.19. The van der Waals surface area contributed by atoms with Crippen molar-refractivity contribution in [1.82, 2.24) is 0 Å². The fraction of sp³-hybridized carbons (Fsp3) is 0.750. The summed E-state index contributed by atoms with van der Waals surface area (Å²) in [5, 5.41) is 0. The number of amides is 1. The summed E-state index contributed by atoms with van der Waals surface area (Å²) in [6.45, 7) is 0.416. The first-order valence-corrected chi connectivity index (χ1v) is 2.57. The van der Waals surface area contributed by atoms with Crippen LogP contribution in [0.3, 0.4) is 0 Å². The Labute approximate surface area is 53.1 Å². The van der Waals surface area contributed by atoms with Crippen LogP contribution in [0.15, 0.2) is 0 Å². The Morgan fingerprint density at radius 3 is 2.00 bits per heavy atom. The highest BCUT2D eigenvalue weighted by Crippen LogP contribution is 1.83. The smallest absolute Gasteiger partial charge is 0.404 e. The number of carbonyl (C=O) groups is 1.